The Labute approximate surface area is 127 Å². The van der Waals surface area contributed by atoms with Crippen molar-refractivity contribution < 1.29 is 4.74 Å². The first-order chi connectivity index (χ1) is 10.1. The summed E-state index contributed by atoms with van der Waals surface area (Å²) in [6, 6.07) is 4.23. The van der Waals surface area contributed by atoms with Crippen LogP contribution in [0.1, 0.15) is 48.8 Å². The predicted molar refractivity (Wildman–Crippen MR) is 88.0 cm³/mol. The fourth-order valence-electron chi connectivity index (χ4n) is 3.14. The molecule has 0 fully saturated rings. The molecule has 2 aromatic rings. The standard InChI is InChI=1S/C18H26N2O/c1-6-7-9-12(2)16(15-10-8-11-19-15)17-13(3)18(21-5)14(4)20-17/h6-8,10-12,16,19-20H,9H2,1-5H3/b7-6-. The lowest BCUT2D eigenvalue weighted by Gasteiger charge is -2.22. The summed E-state index contributed by atoms with van der Waals surface area (Å²) in [5, 5.41) is 0. The monoisotopic (exact) mass is 286 g/mol. The van der Waals surface area contributed by atoms with Crippen LogP contribution in [0.3, 0.4) is 0 Å². The van der Waals surface area contributed by atoms with E-state index in [1.54, 1.807) is 7.11 Å². The minimum atomic E-state index is 0.318. The van der Waals surface area contributed by atoms with E-state index >= 15 is 0 Å². The van der Waals surface area contributed by atoms with Crippen LogP contribution in [-0.4, -0.2) is 17.1 Å². The van der Waals surface area contributed by atoms with Crippen LogP contribution >= 0.6 is 0 Å². The Morgan fingerprint density at radius 1 is 1.33 bits per heavy atom. The smallest absolute Gasteiger partial charge is 0.142 e. The van der Waals surface area contributed by atoms with Gasteiger partial charge in [0.2, 0.25) is 0 Å². The molecule has 0 saturated carbocycles. The Bertz CT molecular complexity index is 593. The first-order valence-electron chi connectivity index (χ1n) is 7.57. The molecule has 0 saturated heterocycles. The molecule has 0 aromatic carbocycles. The molecular weight excluding hydrogens is 260 g/mol. The van der Waals surface area contributed by atoms with Gasteiger partial charge in [-0.3, -0.25) is 0 Å². The lowest BCUT2D eigenvalue weighted by Crippen LogP contribution is -2.13. The summed E-state index contributed by atoms with van der Waals surface area (Å²) in [5.41, 5.74) is 4.81. The van der Waals surface area contributed by atoms with E-state index in [2.05, 4.69) is 61.9 Å². The van der Waals surface area contributed by atoms with Gasteiger partial charge in [-0.25, -0.2) is 0 Å². The number of nitrogens with one attached hydrogen (secondary N) is 2. The zero-order chi connectivity index (χ0) is 15.4. The Kier molecular flexibility index (Phi) is 4.94. The average molecular weight is 286 g/mol. The van der Waals surface area contributed by atoms with Crippen molar-refractivity contribution in [3.8, 4) is 5.75 Å². The van der Waals surface area contributed by atoms with Gasteiger partial charge in [-0.05, 0) is 45.2 Å². The minimum Gasteiger partial charge on any atom is -0.495 e. The number of H-pyrrole nitrogens is 2. The van der Waals surface area contributed by atoms with Gasteiger partial charge in [-0.1, -0.05) is 19.1 Å². The highest BCUT2D eigenvalue weighted by Gasteiger charge is 2.26. The van der Waals surface area contributed by atoms with Gasteiger partial charge in [0.25, 0.3) is 0 Å². The van der Waals surface area contributed by atoms with Crippen molar-refractivity contribution >= 4 is 0 Å². The summed E-state index contributed by atoms with van der Waals surface area (Å²) >= 11 is 0. The molecule has 2 unspecified atom stereocenters. The van der Waals surface area contributed by atoms with E-state index in [0.717, 1.165) is 17.9 Å². The van der Waals surface area contributed by atoms with Crippen LogP contribution in [0.2, 0.25) is 0 Å². The van der Waals surface area contributed by atoms with E-state index < -0.39 is 0 Å². The second-order valence-electron chi connectivity index (χ2n) is 5.71. The Hall–Kier alpha value is -1.90. The number of rotatable bonds is 6. The van der Waals surface area contributed by atoms with Gasteiger partial charge in [0.1, 0.15) is 5.75 Å². The maximum atomic E-state index is 5.53. The molecule has 2 aromatic heterocycles. The third-order valence-corrected chi connectivity index (χ3v) is 4.19. The first kappa shape index (κ1) is 15.5. The van der Waals surface area contributed by atoms with Gasteiger partial charge >= 0.3 is 0 Å². The molecule has 0 radical (unpaired) electrons. The van der Waals surface area contributed by atoms with E-state index in [4.69, 9.17) is 4.74 Å². The lowest BCUT2D eigenvalue weighted by atomic mass is 9.84. The van der Waals surface area contributed by atoms with Crippen LogP contribution < -0.4 is 4.74 Å². The highest BCUT2D eigenvalue weighted by Crippen LogP contribution is 2.38. The third kappa shape index (κ3) is 3.07. The van der Waals surface area contributed by atoms with E-state index in [1.807, 2.05) is 6.20 Å². The molecule has 0 bridgehead atoms. The first-order valence-corrected chi connectivity index (χ1v) is 7.57. The molecule has 2 atom stereocenters. The van der Waals surface area contributed by atoms with Crippen LogP contribution in [0, 0.1) is 19.8 Å². The predicted octanol–water partition coefficient (Wildman–Crippen LogP) is 4.70. The van der Waals surface area contributed by atoms with Crippen LogP contribution in [0.15, 0.2) is 30.5 Å². The molecule has 2 rings (SSSR count). The molecule has 0 aliphatic heterocycles. The number of aromatic amines is 2. The summed E-state index contributed by atoms with van der Waals surface area (Å²) in [7, 11) is 1.74. The van der Waals surface area contributed by atoms with E-state index in [-0.39, 0.29) is 0 Å². The number of methoxy groups -OCH3 is 1. The number of hydrogen-bond acceptors (Lipinski definition) is 1. The number of ether oxygens (including phenoxy) is 1. The fourth-order valence-corrected chi connectivity index (χ4v) is 3.14. The van der Waals surface area contributed by atoms with Crippen LogP contribution in [0.4, 0.5) is 0 Å². The van der Waals surface area contributed by atoms with E-state index in [0.29, 0.717) is 11.8 Å². The molecule has 2 N–H and O–H groups in total. The molecule has 2 heterocycles. The van der Waals surface area contributed by atoms with Gasteiger partial charge in [-0.15, -0.1) is 0 Å². The molecule has 114 valence electrons. The molecular formula is C18H26N2O. The second-order valence-corrected chi connectivity index (χ2v) is 5.71. The summed E-state index contributed by atoms with van der Waals surface area (Å²) < 4.78 is 5.53. The van der Waals surface area contributed by atoms with E-state index in [1.165, 1.54) is 17.0 Å². The van der Waals surface area contributed by atoms with Gasteiger partial charge in [-0.2, -0.15) is 0 Å². The fraction of sp³-hybridized carbons (Fsp3) is 0.444. The maximum Gasteiger partial charge on any atom is 0.142 e. The molecule has 0 spiro atoms. The largest absolute Gasteiger partial charge is 0.495 e. The average Bonchev–Trinajstić information content (AvgIpc) is 3.07. The molecule has 3 nitrogen and oxygen atoms in total. The molecule has 0 aliphatic carbocycles. The van der Waals surface area contributed by atoms with Crippen molar-refractivity contribution in [1.29, 1.82) is 0 Å². The molecule has 21 heavy (non-hydrogen) atoms. The topological polar surface area (TPSA) is 40.8 Å². The minimum absolute atomic E-state index is 0.318. The number of allylic oxidation sites excluding steroid dienone is 2. The molecule has 0 aliphatic rings. The SMILES string of the molecule is C/C=C\CC(C)C(c1ccc[nH]1)c1[nH]c(C)c(OC)c1C. The second kappa shape index (κ2) is 6.70. The maximum absolute atomic E-state index is 5.53. The lowest BCUT2D eigenvalue weighted by molar-refractivity contribution is 0.409. The van der Waals surface area contributed by atoms with Crippen molar-refractivity contribution in [3.63, 3.8) is 0 Å². The van der Waals surface area contributed by atoms with Gasteiger partial charge < -0.3 is 14.7 Å². The van der Waals surface area contributed by atoms with Crippen LogP contribution in [0.5, 0.6) is 5.75 Å². The zero-order valence-electron chi connectivity index (χ0n) is 13.7. The number of aryl methyl sites for hydroxylation is 1. The van der Waals surface area contributed by atoms with Crippen molar-refractivity contribution in [2.75, 3.05) is 7.11 Å². The highest BCUT2D eigenvalue weighted by atomic mass is 16.5. The number of aromatic nitrogens is 2. The quantitative estimate of drug-likeness (QED) is 0.742. The summed E-state index contributed by atoms with van der Waals surface area (Å²) in [6.07, 6.45) is 7.41. The van der Waals surface area contributed by atoms with Crippen LogP contribution in [-0.2, 0) is 0 Å². The van der Waals surface area contributed by atoms with Crippen molar-refractivity contribution in [2.45, 2.75) is 40.0 Å². The molecule has 3 heteroatoms. The Morgan fingerprint density at radius 2 is 2.10 bits per heavy atom. The Balaban J connectivity index is 2.45. The van der Waals surface area contributed by atoms with Crippen molar-refractivity contribution in [1.82, 2.24) is 9.97 Å². The van der Waals surface area contributed by atoms with Crippen LogP contribution in [0.25, 0.3) is 0 Å². The molecule has 0 amide bonds. The van der Waals surface area contributed by atoms with Crippen molar-refractivity contribution in [2.24, 2.45) is 5.92 Å². The summed E-state index contributed by atoms with van der Waals surface area (Å²) in [5.74, 6) is 1.79. The number of hydrogen-bond donors (Lipinski definition) is 2. The summed E-state index contributed by atoms with van der Waals surface area (Å²) in [6.45, 7) is 8.57. The Morgan fingerprint density at radius 3 is 2.62 bits per heavy atom. The summed E-state index contributed by atoms with van der Waals surface area (Å²) in [4.78, 5) is 6.92. The van der Waals surface area contributed by atoms with Gasteiger partial charge in [0.05, 0.1) is 12.8 Å². The van der Waals surface area contributed by atoms with Gasteiger partial charge in [0.15, 0.2) is 0 Å². The van der Waals surface area contributed by atoms with Crippen molar-refractivity contribution in [3.05, 3.63) is 53.1 Å². The zero-order valence-corrected chi connectivity index (χ0v) is 13.7. The van der Waals surface area contributed by atoms with Gasteiger partial charge in [0, 0.05) is 29.1 Å². The normalized spacial score (nSPS) is 14.5. The highest BCUT2D eigenvalue weighted by molar-refractivity contribution is 5.45. The van der Waals surface area contributed by atoms with E-state index in [9.17, 15) is 0 Å². The third-order valence-electron chi connectivity index (χ3n) is 4.19.